The molecule has 142 valence electrons. The lowest BCUT2D eigenvalue weighted by molar-refractivity contribution is -0.125. The maximum atomic E-state index is 13.1. The summed E-state index contributed by atoms with van der Waals surface area (Å²) in [6, 6.07) is 15.4. The van der Waals surface area contributed by atoms with Crippen LogP contribution in [0.4, 0.5) is 10.5 Å². The molecule has 1 atom stereocenters. The van der Waals surface area contributed by atoms with Crippen molar-refractivity contribution in [2.45, 2.75) is 45.8 Å². The lowest BCUT2D eigenvalue weighted by Gasteiger charge is -2.33. The number of para-hydroxylation sites is 1. The van der Waals surface area contributed by atoms with Crippen molar-refractivity contribution in [3.05, 3.63) is 65.2 Å². The van der Waals surface area contributed by atoms with E-state index in [-0.39, 0.29) is 12.5 Å². The van der Waals surface area contributed by atoms with Crippen molar-refractivity contribution in [2.75, 3.05) is 11.9 Å². The van der Waals surface area contributed by atoms with Crippen LogP contribution in [0.15, 0.2) is 48.5 Å². The molecule has 1 fully saturated rings. The average Bonchev–Trinajstić information content (AvgIpc) is 3.06. The van der Waals surface area contributed by atoms with Crippen LogP contribution in [-0.4, -0.2) is 29.0 Å². The van der Waals surface area contributed by atoms with Gasteiger partial charge in [-0.2, -0.15) is 0 Å². The molecule has 0 aliphatic carbocycles. The Labute approximate surface area is 160 Å². The minimum absolute atomic E-state index is 0.172. The van der Waals surface area contributed by atoms with Gasteiger partial charge in [0.1, 0.15) is 12.1 Å². The number of benzene rings is 2. The molecule has 2 amide bonds. The van der Waals surface area contributed by atoms with E-state index in [1.807, 2.05) is 69.3 Å². The van der Waals surface area contributed by atoms with Gasteiger partial charge in [-0.05, 0) is 50.3 Å². The van der Waals surface area contributed by atoms with Gasteiger partial charge >= 0.3 is 6.09 Å². The summed E-state index contributed by atoms with van der Waals surface area (Å²) in [6.45, 7) is 6.46. The van der Waals surface area contributed by atoms with Gasteiger partial charge in [-0.25, -0.2) is 4.79 Å². The molecule has 2 aromatic rings. The number of aryl methyl sites for hydroxylation is 2. The van der Waals surface area contributed by atoms with Crippen LogP contribution < -0.4 is 5.32 Å². The Morgan fingerprint density at radius 3 is 2.41 bits per heavy atom. The van der Waals surface area contributed by atoms with Gasteiger partial charge in [0.25, 0.3) is 0 Å². The number of likely N-dealkylation sites (tertiary alicyclic amines) is 1. The monoisotopic (exact) mass is 366 g/mol. The normalized spacial score (nSPS) is 19.0. The summed E-state index contributed by atoms with van der Waals surface area (Å²) in [7, 11) is 0. The molecule has 0 aromatic heterocycles. The second-order valence-electron chi connectivity index (χ2n) is 7.29. The van der Waals surface area contributed by atoms with E-state index in [1.165, 1.54) is 0 Å². The SMILES string of the molecule is Cc1cccc(C)c1NC(=O)C1(C)CCCN1C(=O)OCc1ccccc1. The van der Waals surface area contributed by atoms with E-state index >= 15 is 0 Å². The first-order valence-electron chi connectivity index (χ1n) is 9.28. The highest BCUT2D eigenvalue weighted by Crippen LogP contribution is 2.32. The number of hydrogen-bond acceptors (Lipinski definition) is 3. The van der Waals surface area contributed by atoms with Gasteiger partial charge < -0.3 is 10.1 Å². The molecule has 0 bridgehead atoms. The van der Waals surface area contributed by atoms with Crippen molar-refractivity contribution < 1.29 is 14.3 Å². The third-order valence-electron chi connectivity index (χ3n) is 5.28. The minimum Gasteiger partial charge on any atom is -0.445 e. The zero-order valence-electron chi connectivity index (χ0n) is 16.1. The van der Waals surface area contributed by atoms with Gasteiger partial charge in [0.15, 0.2) is 0 Å². The predicted molar refractivity (Wildman–Crippen MR) is 106 cm³/mol. The highest BCUT2D eigenvalue weighted by molar-refractivity contribution is 6.01. The number of amides is 2. The molecule has 0 saturated carbocycles. The van der Waals surface area contributed by atoms with Crippen LogP contribution in [0.25, 0.3) is 0 Å². The van der Waals surface area contributed by atoms with Gasteiger partial charge in [0.05, 0.1) is 0 Å². The average molecular weight is 366 g/mol. The largest absolute Gasteiger partial charge is 0.445 e. The topological polar surface area (TPSA) is 58.6 Å². The number of nitrogens with zero attached hydrogens (tertiary/aromatic N) is 1. The van der Waals surface area contributed by atoms with Crippen LogP contribution in [0.5, 0.6) is 0 Å². The highest BCUT2D eigenvalue weighted by Gasteiger charge is 2.46. The summed E-state index contributed by atoms with van der Waals surface area (Å²) in [5.74, 6) is -0.172. The summed E-state index contributed by atoms with van der Waals surface area (Å²) in [4.78, 5) is 27.3. The van der Waals surface area contributed by atoms with E-state index in [4.69, 9.17) is 4.74 Å². The second kappa shape index (κ2) is 7.82. The number of ether oxygens (including phenoxy) is 1. The first kappa shape index (κ1) is 19.0. The fourth-order valence-electron chi connectivity index (χ4n) is 3.55. The van der Waals surface area contributed by atoms with Crippen molar-refractivity contribution in [2.24, 2.45) is 0 Å². The van der Waals surface area contributed by atoms with E-state index in [2.05, 4.69) is 5.32 Å². The molecule has 5 heteroatoms. The molecule has 1 unspecified atom stereocenters. The van der Waals surface area contributed by atoms with E-state index in [0.29, 0.717) is 13.0 Å². The molecular formula is C22H26N2O3. The lowest BCUT2D eigenvalue weighted by atomic mass is 9.97. The third kappa shape index (κ3) is 3.97. The number of rotatable bonds is 4. The van der Waals surface area contributed by atoms with Crippen molar-refractivity contribution in [3.63, 3.8) is 0 Å². The Kier molecular flexibility index (Phi) is 5.49. The number of nitrogens with one attached hydrogen (secondary N) is 1. The number of anilines is 1. The molecule has 1 heterocycles. The Morgan fingerprint density at radius 1 is 1.07 bits per heavy atom. The van der Waals surface area contributed by atoms with Crippen molar-refractivity contribution in [3.8, 4) is 0 Å². The molecule has 1 N–H and O–H groups in total. The Hall–Kier alpha value is -2.82. The van der Waals surface area contributed by atoms with Gasteiger partial charge in [-0.15, -0.1) is 0 Å². The van der Waals surface area contributed by atoms with Crippen molar-refractivity contribution >= 4 is 17.7 Å². The van der Waals surface area contributed by atoms with E-state index in [0.717, 1.165) is 28.8 Å². The zero-order chi connectivity index (χ0) is 19.4. The van der Waals surface area contributed by atoms with Gasteiger partial charge in [-0.1, -0.05) is 48.5 Å². The summed E-state index contributed by atoms with van der Waals surface area (Å²) in [5, 5.41) is 3.03. The fraction of sp³-hybridized carbons (Fsp3) is 0.364. The van der Waals surface area contributed by atoms with E-state index in [1.54, 1.807) is 4.90 Å². The predicted octanol–water partition coefficient (Wildman–Crippen LogP) is 4.43. The van der Waals surface area contributed by atoms with Crippen LogP contribution in [-0.2, 0) is 16.1 Å². The molecular weight excluding hydrogens is 340 g/mol. The smallest absolute Gasteiger partial charge is 0.410 e. The fourth-order valence-corrected chi connectivity index (χ4v) is 3.55. The molecule has 1 aliphatic heterocycles. The van der Waals surface area contributed by atoms with Gasteiger partial charge in [0.2, 0.25) is 5.91 Å². The zero-order valence-corrected chi connectivity index (χ0v) is 16.1. The molecule has 27 heavy (non-hydrogen) atoms. The van der Waals surface area contributed by atoms with Crippen molar-refractivity contribution in [1.29, 1.82) is 0 Å². The number of carbonyl (C=O) groups is 2. The first-order chi connectivity index (χ1) is 12.9. The Morgan fingerprint density at radius 2 is 1.74 bits per heavy atom. The molecule has 3 rings (SSSR count). The molecule has 1 aliphatic rings. The summed E-state index contributed by atoms with van der Waals surface area (Å²) >= 11 is 0. The molecule has 5 nitrogen and oxygen atoms in total. The Bertz CT molecular complexity index is 814. The lowest BCUT2D eigenvalue weighted by Crippen LogP contribution is -2.53. The summed E-state index contributed by atoms with van der Waals surface area (Å²) in [6.07, 6.45) is 0.942. The quantitative estimate of drug-likeness (QED) is 0.871. The van der Waals surface area contributed by atoms with E-state index < -0.39 is 11.6 Å². The van der Waals surface area contributed by atoms with Crippen molar-refractivity contribution in [1.82, 2.24) is 4.90 Å². The third-order valence-corrected chi connectivity index (χ3v) is 5.28. The molecule has 0 spiro atoms. The van der Waals surface area contributed by atoms with Crippen LogP contribution in [0.3, 0.4) is 0 Å². The summed E-state index contributed by atoms with van der Waals surface area (Å²) < 4.78 is 5.46. The number of hydrogen-bond donors (Lipinski definition) is 1. The van der Waals surface area contributed by atoms with Crippen LogP contribution >= 0.6 is 0 Å². The second-order valence-corrected chi connectivity index (χ2v) is 7.29. The molecule has 0 radical (unpaired) electrons. The molecule has 1 saturated heterocycles. The van der Waals surface area contributed by atoms with Crippen LogP contribution in [0.2, 0.25) is 0 Å². The molecule has 2 aromatic carbocycles. The van der Waals surface area contributed by atoms with E-state index in [9.17, 15) is 9.59 Å². The summed E-state index contributed by atoms with van der Waals surface area (Å²) in [5.41, 5.74) is 2.83. The minimum atomic E-state index is -0.914. The standard InChI is InChI=1S/C22H26N2O3/c1-16-9-7-10-17(2)19(16)23-20(25)22(3)13-8-14-24(22)21(26)27-15-18-11-5-4-6-12-18/h4-7,9-12H,8,13-15H2,1-3H3,(H,23,25). The van der Waals surface area contributed by atoms with Crippen LogP contribution in [0.1, 0.15) is 36.5 Å². The maximum Gasteiger partial charge on any atom is 0.410 e. The first-order valence-corrected chi connectivity index (χ1v) is 9.28. The highest BCUT2D eigenvalue weighted by atomic mass is 16.6. The van der Waals surface area contributed by atoms with Crippen LogP contribution in [0, 0.1) is 13.8 Å². The van der Waals surface area contributed by atoms with Gasteiger partial charge in [0, 0.05) is 12.2 Å². The Balaban J connectivity index is 1.71. The van der Waals surface area contributed by atoms with Gasteiger partial charge in [-0.3, -0.25) is 9.69 Å². The maximum absolute atomic E-state index is 13.1. The number of carbonyl (C=O) groups excluding carboxylic acids is 2.